The van der Waals surface area contributed by atoms with Gasteiger partial charge in [-0.25, -0.2) is 8.42 Å². The third kappa shape index (κ3) is 4.06. The minimum absolute atomic E-state index is 0.167. The van der Waals surface area contributed by atoms with E-state index < -0.39 is 10.0 Å². The minimum Gasteiger partial charge on any atom is -0.380 e. The maximum atomic E-state index is 13.4. The van der Waals surface area contributed by atoms with Crippen molar-refractivity contribution in [3.05, 3.63) is 83.8 Å². The van der Waals surface area contributed by atoms with Crippen LogP contribution in [0.4, 0.5) is 17.1 Å². The molecule has 7 nitrogen and oxygen atoms in total. The van der Waals surface area contributed by atoms with Gasteiger partial charge in [0.1, 0.15) is 4.90 Å². The van der Waals surface area contributed by atoms with Gasteiger partial charge in [-0.3, -0.25) is 14.7 Å². The van der Waals surface area contributed by atoms with Gasteiger partial charge in [0, 0.05) is 36.4 Å². The van der Waals surface area contributed by atoms with Crippen molar-refractivity contribution in [2.75, 3.05) is 28.4 Å². The second-order valence-corrected chi connectivity index (χ2v) is 9.27. The van der Waals surface area contributed by atoms with Gasteiger partial charge in [0.05, 0.1) is 34.3 Å². The number of aromatic nitrogens is 2. The van der Waals surface area contributed by atoms with E-state index in [0.29, 0.717) is 22.3 Å². The smallest absolute Gasteiger partial charge is 0.264 e. The average molecular weight is 456 g/mol. The maximum Gasteiger partial charge on any atom is 0.264 e. The van der Waals surface area contributed by atoms with Crippen LogP contribution in [0.3, 0.4) is 0 Å². The van der Waals surface area contributed by atoms with Gasteiger partial charge >= 0.3 is 0 Å². The van der Waals surface area contributed by atoms with Crippen LogP contribution in [0, 0.1) is 18.8 Å². The van der Waals surface area contributed by atoms with Gasteiger partial charge in [-0.05, 0) is 30.7 Å². The Hall–Kier alpha value is -4.09. The van der Waals surface area contributed by atoms with Crippen LogP contribution >= 0.6 is 0 Å². The highest BCUT2D eigenvalue weighted by molar-refractivity contribution is 7.93. The molecule has 0 atom stereocenters. The summed E-state index contributed by atoms with van der Waals surface area (Å²) >= 11 is 0. The van der Waals surface area contributed by atoms with Crippen molar-refractivity contribution in [2.24, 2.45) is 0 Å². The first kappa shape index (κ1) is 20.8. The third-order valence-electron chi connectivity index (χ3n) is 5.39. The average Bonchev–Trinajstić information content (AvgIpc) is 2.83. The molecule has 164 valence electrons. The van der Waals surface area contributed by atoms with E-state index >= 15 is 0 Å². The summed E-state index contributed by atoms with van der Waals surface area (Å²) in [6.45, 7) is 3.38. The highest BCUT2D eigenvalue weighted by atomic mass is 32.2. The number of nitrogens with zero attached hydrogens (tertiary/aromatic N) is 2. The van der Waals surface area contributed by atoms with E-state index in [9.17, 15) is 8.42 Å². The number of hydrogen-bond acceptors (Lipinski definition) is 6. The Bertz CT molecular complexity index is 1540. The Kier molecular flexibility index (Phi) is 5.32. The normalized spacial score (nSPS) is 12.6. The molecular formula is C25H21N5O2S. The van der Waals surface area contributed by atoms with Gasteiger partial charge in [0.2, 0.25) is 0 Å². The van der Waals surface area contributed by atoms with E-state index in [1.54, 1.807) is 55.8 Å². The predicted octanol–water partition coefficient (Wildman–Crippen LogP) is 3.98. The van der Waals surface area contributed by atoms with Crippen LogP contribution in [0.15, 0.2) is 72.0 Å². The lowest BCUT2D eigenvalue weighted by Crippen LogP contribution is -2.21. The van der Waals surface area contributed by atoms with E-state index in [0.717, 1.165) is 35.4 Å². The third-order valence-corrected chi connectivity index (χ3v) is 6.93. The summed E-state index contributed by atoms with van der Waals surface area (Å²) in [6.07, 6.45) is 5.05. The van der Waals surface area contributed by atoms with Crippen molar-refractivity contribution in [1.82, 2.24) is 9.97 Å². The van der Waals surface area contributed by atoms with Crippen molar-refractivity contribution in [3.8, 4) is 11.8 Å². The number of pyridine rings is 2. The number of rotatable bonds is 3. The molecule has 33 heavy (non-hydrogen) atoms. The summed E-state index contributed by atoms with van der Waals surface area (Å²) in [4.78, 5) is 8.74. The minimum atomic E-state index is -3.91. The molecule has 3 N–H and O–H groups in total. The van der Waals surface area contributed by atoms with Crippen LogP contribution < -0.4 is 15.4 Å². The van der Waals surface area contributed by atoms with E-state index in [2.05, 4.69) is 37.2 Å². The standard InChI is InChI=1S/C25H21N5O2S/c1-17-8-9-19-6-4-12-28-24(19)25(17)33(31,32)30-21-7-3-2-5-18(21)10-11-20-15-26-16-22-23(20)29-14-13-27-22/h2-9,12,15-16,27,29-30H,13-14H2,1H3. The molecule has 0 radical (unpaired) electrons. The summed E-state index contributed by atoms with van der Waals surface area (Å²) in [5, 5.41) is 7.40. The maximum absolute atomic E-state index is 13.4. The topological polar surface area (TPSA) is 96.0 Å². The largest absolute Gasteiger partial charge is 0.380 e. The van der Waals surface area contributed by atoms with E-state index in [4.69, 9.17) is 0 Å². The summed E-state index contributed by atoms with van der Waals surface area (Å²) in [5.41, 5.74) is 4.58. The molecule has 3 heterocycles. The van der Waals surface area contributed by atoms with E-state index in [-0.39, 0.29) is 4.90 Å². The Labute approximate surface area is 192 Å². The molecule has 1 aliphatic heterocycles. The Morgan fingerprint density at radius 1 is 0.939 bits per heavy atom. The van der Waals surface area contributed by atoms with Crippen molar-refractivity contribution >= 4 is 38.0 Å². The molecule has 0 saturated carbocycles. The van der Waals surface area contributed by atoms with Gasteiger partial charge in [-0.2, -0.15) is 0 Å². The molecule has 1 aliphatic rings. The summed E-state index contributed by atoms with van der Waals surface area (Å²) in [6, 6.07) is 14.4. The molecule has 8 heteroatoms. The second-order valence-electron chi connectivity index (χ2n) is 7.65. The number of fused-ring (bicyclic) bond motifs is 2. The Morgan fingerprint density at radius 3 is 2.67 bits per heavy atom. The first-order chi connectivity index (χ1) is 16.0. The van der Waals surface area contributed by atoms with Gasteiger partial charge in [-0.1, -0.05) is 42.2 Å². The first-order valence-corrected chi connectivity index (χ1v) is 12.0. The molecule has 0 aliphatic carbocycles. The lowest BCUT2D eigenvalue weighted by molar-refractivity contribution is 0.601. The van der Waals surface area contributed by atoms with Gasteiger partial charge in [-0.15, -0.1) is 0 Å². The molecule has 2 aromatic heterocycles. The number of para-hydroxylation sites is 1. The lowest BCUT2D eigenvalue weighted by atomic mass is 10.1. The monoisotopic (exact) mass is 455 g/mol. The van der Waals surface area contributed by atoms with Gasteiger partial charge in [0.25, 0.3) is 10.0 Å². The first-order valence-electron chi connectivity index (χ1n) is 10.5. The Balaban J connectivity index is 1.53. The molecule has 0 fully saturated rings. The molecule has 0 amide bonds. The van der Waals surface area contributed by atoms with Crippen molar-refractivity contribution < 1.29 is 8.42 Å². The lowest BCUT2D eigenvalue weighted by Gasteiger charge is -2.20. The number of nitrogens with one attached hydrogen (secondary N) is 3. The fraction of sp³-hybridized carbons (Fsp3) is 0.120. The molecule has 4 aromatic rings. The quantitative estimate of drug-likeness (QED) is 0.405. The molecule has 0 spiro atoms. The number of hydrogen-bond donors (Lipinski definition) is 3. The SMILES string of the molecule is Cc1ccc2cccnc2c1S(=O)(=O)Nc1ccccc1C#Cc1cncc2c1NCCN2. The van der Waals surface area contributed by atoms with Crippen LogP contribution in [-0.2, 0) is 10.0 Å². The van der Waals surface area contributed by atoms with E-state index in [1.807, 2.05) is 18.2 Å². The number of sulfonamides is 1. The zero-order chi connectivity index (χ0) is 22.8. The van der Waals surface area contributed by atoms with Crippen LogP contribution in [0.5, 0.6) is 0 Å². The highest BCUT2D eigenvalue weighted by Gasteiger charge is 2.22. The van der Waals surface area contributed by atoms with Crippen LogP contribution in [0.25, 0.3) is 10.9 Å². The van der Waals surface area contributed by atoms with Crippen LogP contribution in [0.1, 0.15) is 16.7 Å². The highest BCUT2D eigenvalue weighted by Crippen LogP contribution is 2.29. The molecular weight excluding hydrogens is 434 g/mol. The molecule has 0 unspecified atom stereocenters. The van der Waals surface area contributed by atoms with Crippen LogP contribution in [0.2, 0.25) is 0 Å². The number of anilines is 3. The predicted molar refractivity (Wildman–Crippen MR) is 131 cm³/mol. The van der Waals surface area contributed by atoms with Crippen LogP contribution in [-0.4, -0.2) is 31.5 Å². The van der Waals surface area contributed by atoms with Crippen molar-refractivity contribution in [3.63, 3.8) is 0 Å². The number of benzene rings is 2. The number of aryl methyl sites for hydroxylation is 1. The molecule has 5 rings (SSSR count). The molecule has 2 aromatic carbocycles. The van der Waals surface area contributed by atoms with Gasteiger partial charge < -0.3 is 10.6 Å². The van der Waals surface area contributed by atoms with Gasteiger partial charge in [0.15, 0.2) is 0 Å². The summed E-state index contributed by atoms with van der Waals surface area (Å²) in [5.74, 6) is 6.24. The molecule has 0 bridgehead atoms. The van der Waals surface area contributed by atoms with E-state index in [1.165, 1.54) is 0 Å². The Morgan fingerprint density at radius 2 is 1.76 bits per heavy atom. The summed E-state index contributed by atoms with van der Waals surface area (Å²) < 4.78 is 29.6. The fourth-order valence-corrected chi connectivity index (χ4v) is 5.32. The zero-order valence-electron chi connectivity index (χ0n) is 17.9. The summed E-state index contributed by atoms with van der Waals surface area (Å²) in [7, 11) is -3.91. The fourth-order valence-electron chi connectivity index (χ4n) is 3.83. The zero-order valence-corrected chi connectivity index (χ0v) is 18.7. The van der Waals surface area contributed by atoms with Crippen molar-refractivity contribution in [2.45, 2.75) is 11.8 Å². The second kappa shape index (κ2) is 8.45. The molecule has 0 saturated heterocycles. The van der Waals surface area contributed by atoms with Crippen molar-refractivity contribution in [1.29, 1.82) is 0 Å².